The van der Waals surface area contributed by atoms with Crippen molar-refractivity contribution in [3.05, 3.63) is 48.3 Å². The van der Waals surface area contributed by atoms with Crippen molar-refractivity contribution >= 4 is 26.8 Å². The number of amides is 1. The third kappa shape index (κ3) is 5.43. The topological polar surface area (TPSA) is 81.5 Å². The number of aromatic nitrogens is 2. The van der Waals surface area contributed by atoms with E-state index in [0.717, 1.165) is 43.8 Å². The van der Waals surface area contributed by atoms with E-state index in [0.29, 0.717) is 17.2 Å². The monoisotopic (exact) mass is 511 g/mol. The Bertz CT molecular complexity index is 1360. The van der Waals surface area contributed by atoms with Crippen molar-refractivity contribution in [1.82, 2.24) is 14.5 Å². The van der Waals surface area contributed by atoms with Gasteiger partial charge < -0.3 is 14.2 Å². The van der Waals surface area contributed by atoms with Crippen molar-refractivity contribution in [2.45, 2.75) is 82.2 Å². The van der Waals surface area contributed by atoms with Crippen LogP contribution in [0.15, 0.2) is 52.3 Å². The fourth-order valence-corrected chi connectivity index (χ4v) is 6.16. The maximum Gasteiger partial charge on any atom is 0.219 e. The Morgan fingerprint density at radius 3 is 2.36 bits per heavy atom. The quantitative estimate of drug-likeness (QED) is 0.454. The molecule has 8 heteroatoms. The van der Waals surface area contributed by atoms with E-state index in [4.69, 9.17) is 9.72 Å². The van der Waals surface area contributed by atoms with E-state index < -0.39 is 9.84 Å². The molecule has 36 heavy (non-hydrogen) atoms. The van der Waals surface area contributed by atoms with Gasteiger partial charge in [-0.15, -0.1) is 0 Å². The Hall–Kier alpha value is -2.87. The normalized spacial score (nSPS) is 15.6. The number of benzene rings is 2. The van der Waals surface area contributed by atoms with Gasteiger partial charge in [-0.1, -0.05) is 26.8 Å². The number of piperidine rings is 1. The lowest BCUT2D eigenvalue weighted by molar-refractivity contribution is -0.130. The molecule has 0 saturated carbocycles. The highest BCUT2D eigenvalue weighted by atomic mass is 32.2. The van der Waals surface area contributed by atoms with Gasteiger partial charge >= 0.3 is 0 Å². The van der Waals surface area contributed by atoms with Gasteiger partial charge in [-0.2, -0.15) is 0 Å². The molecule has 1 fully saturated rings. The second-order valence-electron chi connectivity index (χ2n) is 11.0. The molecule has 1 aromatic heterocycles. The molecule has 0 N–H and O–H groups in total. The molecule has 7 nitrogen and oxygen atoms in total. The third-order valence-corrected chi connectivity index (χ3v) is 8.44. The number of carbonyl (C=O) groups is 1. The molecule has 194 valence electrons. The van der Waals surface area contributed by atoms with Gasteiger partial charge in [0.05, 0.1) is 26.9 Å². The number of hydrogen-bond donors (Lipinski definition) is 0. The summed E-state index contributed by atoms with van der Waals surface area (Å²) < 4.78 is 34.9. The molecule has 2 aromatic carbocycles. The van der Waals surface area contributed by atoms with Gasteiger partial charge in [0.25, 0.3) is 0 Å². The summed E-state index contributed by atoms with van der Waals surface area (Å²) in [5.74, 6) is 2.04. The van der Waals surface area contributed by atoms with Gasteiger partial charge in [-0.3, -0.25) is 4.79 Å². The molecule has 4 rings (SSSR count). The number of likely N-dealkylation sites (tertiary alicyclic amines) is 1. The number of imidazole rings is 1. The molecule has 1 aliphatic rings. The summed E-state index contributed by atoms with van der Waals surface area (Å²) in [6.07, 6.45) is 1.85. The Labute approximate surface area is 214 Å². The number of sulfone groups is 1. The number of hydrogen-bond acceptors (Lipinski definition) is 5. The van der Waals surface area contributed by atoms with Gasteiger partial charge in [-0.05, 0) is 69.0 Å². The molecule has 2 heterocycles. The van der Waals surface area contributed by atoms with Crippen LogP contribution in [-0.4, -0.2) is 48.0 Å². The molecule has 1 amide bonds. The Morgan fingerprint density at radius 1 is 1.08 bits per heavy atom. The molecule has 1 aliphatic heterocycles. The minimum absolute atomic E-state index is 0.0474. The van der Waals surface area contributed by atoms with Crippen LogP contribution >= 0.6 is 0 Å². The van der Waals surface area contributed by atoms with E-state index in [-0.39, 0.29) is 27.2 Å². The van der Waals surface area contributed by atoms with Crippen LogP contribution in [0.5, 0.6) is 5.75 Å². The molecule has 0 bridgehead atoms. The number of nitrogens with zero attached hydrogens (tertiary/aromatic N) is 3. The van der Waals surface area contributed by atoms with Gasteiger partial charge in [0.2, 0.25) is 15.7 Å². The first-order valence-corrected chi connectivity index (χ1v) is 14.1. The summed E-state index contributed by atoms with van der Waals surface area (Å²) in [5.41, 5.74) is 1.40. The van der Waals surface area contributed by atoms with E-state index in [9.17, 15) is 13.2 Å². The fourth-order valence-electron chi connectivity index (χ4n) is 4.85. The summed E-state index contributed by atoms with van der Waals surface area (Å²) in [5, 5.41) is 0. The molecule has 0 unspecified atom stereocenters. The van der Waals surface area contributed by atoms with Crippen LogP contribution in [0.3, 0.4) is 0 Å². The summed E-state index contributed by atoms with van der Waals surface area (Å²) in [6, 6.07) is 11.9. The number of fused-ring (bicyclic) bond motifs is 1. The number of carbonyl (C=O) groups excluding carboxylic acids is 1. The molecule has 0 spiro atoms. The smallest absolute Gasteiger partial charge is 0.219 e. The highest BCUT2D eigenvalue weighted by Gasteiger charge is 2.28. The van der Waals surface area contributed by atoms with E-state index in [2.05, 4.69) is 25.3 Å². The minimum atomic E-state index is -3.74. The zero-order valence-electron chi connectivity index (χ0n) is 22.1. The molecular formula is C28H37N3O4S. The van der Waals surface area contributed by atoms with Crippen LogP contribution in [-0.2, 0) is 26.6 Å². The predicted molar refractivity (Wildman–Crippen MR) is 141 cm³/mol. The first-order valence-electron chi connectivity index (χ1n) is 12.6. The average molecular weight is 512 g/mol. The van der Waals surface area contributed by atoms with Gasteiger partial charge in [0, 0.05) is 32.0 Å². The highest BCUT2D eigenvalue weighted by Crippen LogP contribution is 2.32. The average Bonchev–Trinajstić information content (AvgIpc) is 3.17. The lowest BCUT2D eigenvalue weighted by Crippen LogP contribution is -2.38. The van der Waals surface area contributed by atoms with Crippen LogP contribution < -0.4 is 4.74 Å². The van der Waals surface area contributed by atoms with Gasteiger partial charge in [-0.25, -0.2) is 13.4 Å². The Kier molecular flexibility index (Phi) is 7.19. The lowest BCUT2D eigenvalue weighted by Gasteiger charge is -2.32. The first kappa shape index (κ1) is 26.2. The van der Waals surface area contributed by atoms with Crippen molar-refractivity contribution in [1.29, 1.82) is 0 Å². The Morgan fingerprint density at radius 2 is 1.75 bits per heavy atom. The summed E-state index contributed by atoms with van der Waals surface area (Å²) in [7, 11) is -3.74. The van der Waals surface area contributed by atoms with Crippen LogP contribution in [0.2, 0.25) is 0 Å². The second-order valence-corrected chi connectivity index (χ2v) is 13.0. The summed E-state index contributed by atoms with van der Waals surface area (Å²) in [4.78, 5) is 19.0. The second kappa shape index (κ2) is 9.88. The number of rotatable bonds is 6. The zero-order chi connectivity index (χ0) is 26.3. The lowest BCUT2D eigenvalue weighted by atomic mass is 9.93. The van der Waals surface area contributed by atoms with Gasteiger partial charge in [0.1, 0.15) is 11.6 Å². The summed E-state index contributed by atoms with van der Waals surface area (Å²) in [6.45, 7) is 14.2. The number of ether oxygens (including phenoxy) is 1. The van der Waals surface area contributed by atoms with E-state index in [1.54, 1.807) is 43.3 Å². The zero-order valence-corrected chi connectivity index (χ0v) is 22.9. The molecule has 1 saturated heterocycles. The molecule has 0 aliphatic carbocycles. The SMILES string of the molecule is CC(=O)N1CCC(Cn2c(C(C)(C)C)nc3cc(S(=O)(=O)c4cccc(OC(C)C)c4)ccc32)CC1. The largest absolute Gasteiger partial charge is 0.491 e. The van der Waals surface area contributed by atoms with Crippen LogP contribution in [0, 0.1) is 5.92 Å². The van der Waals surface area contributed by atoms with Crippen LogP contribution in [0.25, 0.3) is 11.0 Å². The molecule has 0 radical (unpaired) electrons. The van der Waals surface area contributed by atoms with E-state index in [1.807, 2.05) is 24.8 Å². The van der Waals surface area contributed by atoms with E-state index in [1.165, 1.54) is 0 Å². The predicted octanol–water partition coefficient (Wildman–Crippen LogP) is 5.21. The molecule has 3 aromatic rings. The third-order valence-electron chi connectivity index (χ3n) is 6.69. The van der Waals surface area contributed by atoms with Crippen molar-refractivity contribution < 1.29 is 17.9 Å². The molecular weight excluding hydrogens is 474 g/mol. The van der Waals surface area contributed by atoms with E-state index >= 15 is 0 Å². The first-order chi connectivity index (χ1) is 16.9. The maximum absolute atomic E-state index is 13.5. The fraction of sp³-hybridized carbons (Fsp3) is 0.500. The van der Waals surface area contributed by atoms with Crippen molar-refractivity contribution in [2.24, 2.45) is 5.92 Å². The van der Waals surface area contributed by atoms with Gasteiger partial charge in [0.15, 0.2) is 0 Å². The summed E-state index contributed by atoms with van der Waals surface area (Å²) >= 11 is 0. The van der Waals surface area contributed by atoms with Crippen molar-refractivity contribution in [3.8, 4) is 5.75 Å². The standard InChI is InChI=1S/C28H37N3O4S/c1-19(2)35-22-8-7-9-23(16-22)36(33,34)24-10-11-26-25(17-24)29-27(28(4,5)6)31(26)18-21-12-14-30(15-13-21)20(3)32/h7-11,16-17,19,21H,12-15,18H2,1-6H3. The van der Waals surface area contributed by atoms with Crippen molar-refractivity contribution in [3.63, 3.8) is 0 Å². The maximum atomic E-state index is 13.5. The minimum Gasteiger partial charge on any atom is -0.491 e. The van der Waals surface area contributed by atoms with Crippen molar-refractivity contribution in [2.75, 3.05) is 13.1 Å². The van der Waals surface area contributed by atoms with Crippen LogP contribution in [0.4, 0.5) is 0 Å². The highest BCUT2D eigenvalue weighted by molar-refractivity contribution is 7.91. The Balaban J connectivity index is 1.69. The molecule has 0 atom stereocenters. The van der Waals surface area contributed by atoms with Crippen LogP contribution in [0.1, 0.15) is 60.2 Å².